The van der Waals surface area contributed by atoms with E-state index < -0.39 is 0 Å². The molecule has 0 unspecified atom stereocenters. The number of benzene rings is 2. The van der Waals surface area contributed by atoms with Crippen molar-refractivity contribution in [3.8, 4) is 17.2 Å². The topological polar surface area (TPSA) is 77.2 Å². The molecule has 3 rings (SSSR count). The predicted octanol–water partition coefficient (Wildman–Crippen LogP) is 3.30. The molecule has 6 heteroatoms. The molecule has 0 aliphatic carbocycles. The van der Waals surface area contributed by atoms with Gasteiger partial charge in [0, 0.05) is 5.56 Å². The second kappa shape index (κ2) is 8.29. The Bertz CT molecular complexity index is 872. The molecule has 0 radical (unpaired) electrons. The van der Waals surface area contributed by atoms with Gasteiger partial charge in [0.1, 0.15) is 5.75 Å². The van der Waals surface area contributed by atoms with Crippen LogP contribution in [0.3, 0.4) is 0 Å². The summed E-state index contributed by atoms with van der Waals surface area (Å²) >= 11 is 0. The molecule has 0 fully saturated rings. The van der Waals surface area contributed by atoms with E-state index in [-0.39, 0.29) is 18.9 Å². The highest BCUT2D eigenvalue weighted by atomic mass is 16.5. The zero-order valence-electron chi connectivity index (χ0n) is 14.9. The first kappa shape index (κ1) is 17.7. The van der Waals surface area contributed by atoms with Crippen molar-refractivity contribution in [1.82, 2.24) is 15.5 Å². The van der Waals surface area contributed by atoms with E-state index in [1.807, 2.05) is 62.4 Å². The summed E-state index contributed by atoms with van der Waals surface area (Å²) in [5.41, 5.74) is 2.90. The van der Waals surface area contributed by atoms with Crippen molar-refractivity contribution in [3.63, 3.8) is 0 Å². The maximum atomic E-state index is 12.1. The molecule has 134 valence electrons. The van der Waals surface area contributed by atoms with Crippen LogP contribution in [0.1, 0.15) is 23.9 Å². The summed E-state index contributed by atoms with van der Waals surface area (Å²) in [7, 11) is 0. The average Bonchev–Trinajstić information content (AvgIpc) is 3.11. The Hall–Kier alpha value is -3.15. The predicted molar refractivity (Wildman–Crippen MR) is 97.6 cm³/mol. The molecule has 1 aromatic heterocycles. The van der Waals surface area contributed by atoms with Gasteiger partial charge in [0.15, 0.2) is 0 Å². The number of aryl methyl sites for hydroxylation is 1. The highest BCUT2D eigenvalue weighted by molar-refractivity contribution is 5.78. The van der Waals surface area contributed by atoms with E-state index in [1.54, 1.807) is 0 Å². The highest BCUT2D eigenvalue weighted by Crippen LogP contribution is 2.18. The van der Waals surface area contributed by atoms with Crippen LogP contribution in [0.25, 0.3) is 11.5 Å². The number of hydrogen-bond acceptors (Lipinski definition) is 5. The third-order valence-electron chi connectivity index (χ3n) is 3.77. The number of nitrogens with zero attached hydrogens (tertiary/aromatic N) is 2. The fraction of sp³-hybridized carbons (Fsp3) is 0.250. The molecule has 3 aromatic rings. The van der Waals surface area contributed by atoms with Crippen LogP contribution in [0.4, 0.5) is 0 Å². The standard InChI is InChI=1S/C20H21N3O3/c1-3-25-17-9-7-15(8-10-17)12-18(24)21-13-19-22-23-20(26-19)16-6-4-5-14(2)11-16/h4-11H,3,12-13H2,1-2H3,(H,21,24). The number of aromatic nitrogens is 2. The molecule has 0 aliphatic rings. The van der Waals surface area contributed by atoms with Gasteiger partial charge in [-0.3, -0.25) is 4.79 Å². The van der Waals surface area contributed by atoms with Gasteiger partial charge < -0.3 is 14.5 Å². The van der Waals surface area contributed by atoms with Crippen molar-refractivity contribution in [2.75, 3.05) is 6.61 Å². The molecule has 0 aliphatic heterocycles. The van der Waals surface area contributed by atoms with Crippen molar-refractivity contribution in [1.29, 1.82) is 0 Å². The number of hydrogen-bond donors (Lipinski definition) is 1. The number of nitrogens with one attached hydrogen (secondary N) is 1. The lowest BCUT2D eigenvalue weighted by Crippen LogP contribution is -2.24. The quantitative estimate of drug-likeness (QED) is 0.707. The fourth-order valence-corrected chi connectivity index (χ4v) is 2.51. The molecule has 6 nitrogen and oxygen atoms in total. The number of ether oxygens (including phenoxy) is 1. The van der Waals surface area contributed by atoms with Gasteiger partial charge in [0.25, 0.3) is 0 Å². The number of carbonyl (C=O) groups excluding carboxylic acids is 1. The van der Waals surface area contributed by atoms with Crippen molar-refractivity contribution < 1.29 is 13.9 Å². The molecule has 1 N–H and O–H groups in total. The van der Waals surface area contributed by atoms with Crippen LogP contribution in [0.15, 0.2) is 52.9 Å². The molecule has 0 atom stereocenters. The molecule has 0 saturated carbocycles. The summed E-state index contributed by atoms with van der Waals surface area (Å²) in [6.07, 6.45) is 0.283. The van der Waals surface area contributed by atoms with E-state index in [0.717, 1.165) is 22.4 Å². The summed E-state index contributed by atoms with van der Waals surface area (Å²) in [5, 5.41) is 10.8. The maximum Gasteiger partial charge on any atom is 0.247 e. The van der Waals surface area contributed by atoms with Crippen LogP contribution < -0.4 is 10.1 Å². The van der Waals surface area contributed by atoms with Crippen molar-refractivity contribution in [2.45, 2.75) is 26.8 Å². The van der Waals surface area contributed by atoms with Crippen LogP contribution >= 0.6 is 0 Å². The third kappa shape index (κ3) is 4.69. The number of amides is 1. The van der Waals surface area contributed by atoms with E-state index in [1.165, 1.54) is 0 Å². The Morgan fingerprint density at radius 1 is 1.15 bits per heavy atom. The summed E-state index contributed by atoms with van der Waals surface area (Å²) < 4.78 is 11.0. The van der Waals surface area contributed by atoms with Crippen molar-refractivity contribution >= 4 is 5.91 Å². The minimum Gasteiger partial charge on any atom is -0.494 e. The summed E-state index contributed by atoms with van der Waals surface area (Å²) in [5.74, 6) is 1.52. The monoisotopic (exact) mass is 351 g/mol. The minimum atomic E-state index is -0.107. The van der Waals surface area contributed by atoms with Gasteiger partial charge in [0.2, 0.25) is 17.7 Å². The van der Waals surface area contributed by atoms with Gasteiger partial charge in [-0.2, -0.15) is 0 Å². The number of carbonyl (C=O) groups is 1. The Balaban J connectivity index is 1.53. The zero-order chi connectivity index (χ0) is 18.4. The first-order valence-corrected chi connectivity index (χ1v) is 8.52. The summed E-state index contributed by atoms with van der Waals surface area (Å²) in [4.78, 5) is 12.1. The highest BCUT2D eigenvalue weighted by Gasteiger charge is 2.10. The number of rotatable bonds is 7. The fourth-order valence-electron chi connectivity index (χ4n) is 2.51. The SMILES string of the molecule is CCOc1ccc(CC(=O)NCc2nnc(-c3cccc(C)c3)o2)cc1. The van der Waals surface area contributed by atoms with Gasteiger partial charge in [-0.15, -0.1) is 10.2 Å². The zero-order valence-corrected chi connectivity index (χ0v) is 14.9. The van der Waals surface area contributed by atoms with Crippen LogP contribution in [0.2, 0.25) is 0 Å². The lowest BCUT2D eigenvalue weighted by atomic mass is 10.1. The Morgan fingerprint density at radius 3 is 2.69 bits per heavy atom. The second-order valence-corrected chi connectivity index (χ2v) is 5.90. The van der Waals surface area contributed by atoms with Gasteiger partial charge >= 0.3 is 0 Å². The first-order chi connectivity index (χ1) is 12.6. The van der Waals surface area contributed by atoms with E-state index in [4.69, 9.17) is 9.15 Å². The first-order valence-electron chi connectivity index (χ1n) is 8.52. The lowest BCUT2D eigenvalue weighted by Gasteiger charge is -2.05. The molecular weight excluding hydrogens is 330 g/mol. The van der Waals surface area contributed by atoms with Crippen molar-refractivity contribution in [3.05, 3.63) is 65.5 Å². The molecule has 1 amide bonds. The smallest absolute Gasteiger partial charge is 0.247 e. The van der Waals surface area contributed by atoms with Gasteiger partial charge in [-0.1, -0.05) is 29.8 Å². The van der Waals surface area contributed by atoms with Crippen molar-refractivity contribution in [2.24, 2.45) is 0 Å². The van der Waals surface area contributed by atoms with Crippen LogP contribution in [0, 0.1) is 6.92 Å². The Kier molecular flexibility index (Phi) is 5.63. The maximum absolute atomic E-state index is 12.1. The third-order valence-corrected chi connectivity index (χ3v) is 3.77. The van der Waals surface area contributed by atoms with Crippen LogP contribution in [0.5, 0.6) is 5.75 Å². The second-order valence-electron chi connectivity index (χ2n) is 5.90. The molecule has 0 bridgehead atoms. The average molecular weight is 351 g/mol. The lowest BCUT2D eigenvalue weighted by molar-refractivity contribution is -0.120. The minimum absolute atomic E-state index is 0.107. The summed E-state index contributed by atoms with van der Waals surface area (Å²) in [6, 6.07) is 15.3. The molecule has 2 aromatic carbocycles. The van der Waals surface area contributed by atoms with E-state index in [0.29, 0.717) is 18.4 Å². The van der Waals surface area contributed by atoms with Gasteiger partial charge in [-0.05, 0) is 43.7 Å². The normalized spacial score (nSPS) is 10.5. The van der Waals surface area contributed by atoms with Crippen LogP contribution in [-0.2, 0) is 17.8 Å². The van der Waals surface area contributed by atoms with Gasteiger partial charge in [0.05, 0.1) is 19.6 Å². The van der Waals surface area contributed by atoms with Crippen LogP contribution in [-0.4, -0.2) is 22.7 Å². The Morgan fingerprint density at radius 2 is 1.96 bits per heavy atom. The van der Waals surface area contributed by atoms with Gasteiger partial charge in [-0.25, -0.2) is 0 Å². The Labute approximate surface area is 152 Å². The van der Waals surface area contributed by atoms with E-state index >= 15 is 0 Å². The largest absolute Gasteiger partial charge is 0.494 e. The van der Waals surface area contributed by atoms with E-state index in [9.17, 15) is 4.79 Å². The molecule has 1 heterocycles. The van der Waals surface area contributed by atoms with E-state index in [2.05, 4.69) is 15.5 Å². The molecular formula is C20H21N3O3. The summed E-state index contributed by atoms with van der Waals surface area (Å²) in [6.45, 7) is 4.76. The molecule has 0 saturated heterocycles. The molecule has 0 spiro atoms. The molecule has 26 heavy (non-hydrogen) atoms.